The highest BCUT2D eigenvalue weighted by atomic mass is 32.2. The van der Waals surface area contributed by atoms with Crippen molar-refractivity contribution in [1.29, 1.82) is 0 Å². The summed E-state index contributed by atoms with van der Waals surface area (Å²) in [5, 5.41) is 0. The Kier molecular flexibility index (Phi) is 4.76. The van der Waals surface area contributed by atoms with Crippen LogP contribution >= 0.6 is 0 Å². The molecule has 2 aromatic carbocycles. The maximum Gasteiger partial charge on any atom is 0.416 e. The fourth-order valence-corrected chi connectivity index (χ4v) is 3.02. The minimum absolute atomic E-state index is 0.00446. The van der Waals surface area contributed by atoms with Crippen LogP contribution in [0.25, 0.3) is 0 Å². The molecule has 2 rings (SSSR count). The van der Waals surface area contributed by atoms with Gasteiger partial charge in [-0.1, -0.05) is 18.2 Å². The summed E-state index contributed by atoms with van der Waals surface area (Å²) >= 11 is 0. The van der Waals surface area contributed by atoms with Gasteiger partial charge in [0.15, 0.2) is 0 Å². The molecular formula is C15H13F4NO2S. The first kappa shape index (κ1) is 17.4. The van der Waals surface area contributed by atoms with Crippen molar-refractivity contribution >= 4 is 10.0 Å². The number of hydrogen-bond donors (Lipinski definition) is 1. The summed E-state index contributed by atoms with van der Waals surface area (Å²) in [6.07, 6.45) is -4.65. The monoisotopic (exact) mass is 347 g/mol. The fourth-order valence-electron chi connectivity index (χ4n) is 1.91. The van der Waals surface area contributed by atoms with Crippen LogP contribution in [0, 0.1) is 12.7 Å². The Bertz CT molecular complexity index is 816. The molecule has 2 aromatic rings. The Morgan fingerprint density at radius 2 is 1.78 bits per heavy atom. The summed E-state index contributed by atoms with van der Waals surface area (Å²) in [6.45, 7) is 1.27. The Morgan fingerprint density at radius 1 is 1.09 bits per heavy atom. The second-order valence-corrected chi connectivity index (χ2v) is 6.71. The summed E-state index contributed by atoms with van der Waals surface area (Å²) in [7, 11) is -3.88. The van der Waals surface area contributed by atoms with E-state index in [1.165, 1.54) is 12.1 Å². The average Bonchev–Trinajstić information content (AvgIpc) is 2.45. The highest BCUT2D eigenvalue weighted by molar-refractivity contribution is 7.89. The van der Waals surface area contributed by atoms with Crippen molar-refractivity contribution in [2.75, 3.05) is 0 Å². The Balaban J connectivity index is 2.18. The lowest BCUT2D eigenvalue weighted by Gasteiger charge is -2.11. The maximum atomic E-state index is 13.7. The zero-order valence-corrected chi connectivity index (χ0v) is 12.8. The molecule has 0 spiro atoms. The number of nitrogens with one attached hydrogen (secondary N) is 1. The van der Waals surface area contributed by atoms with Gasteiger partial charge in [-0.05, 0) is 36.8 Å². The van der Waals surface area contributed by atoms with Crippen molar-refractivity contribution in [2.24, 2.45) is 0 Å². The topological polar surface area (TPSA) is 46.2 Å². The predicted octanol–water partition coefficient (Wildman–Crippen LogP) is 3.63. The number of halogens is 4. The normalized spacial score (nSPS) is 12.4. The number of alkyl halides is 3. The van der Waals surface area contributed by atoms with Gasteiger partial charge in [0, 0.05) is 12.1 Å². The van der Waals surface area contributed by atoms with Gasteiger partial charge in [-0.2, -0.15) is 13.2 Å². The molecule has 0 aromatic heterocycles. The number of sulfonamides is 1. The molecule has 0 saturated carbocycles. The molecule has 1 N–H and O–H groups in total. The van der Waals surface area contributed by atoms with Gasteiger partial charge in [-0.15, -0.1) is 0 Å². The molecule has 0 aliphatic rings. The summed E-state index contributed by atoms with van der Waals surface area (Å²) in [5.74, 6) is -1.12. The Morgan fingerprint density at radius 3 is 2.35 bits per heavy atom. The molecule has 23 heavy (non-hydrogen) atoms. The van der Waals surface area contributed by atoms with Gasteiger partial charge in [0.05, 0.1) is 10.5 Å². The van der Waals surface area contributed by atoms with Crippen LogP contribution in [0.4, 0.5) is 17.6 Å². The summed E-state index contributed by atoms with van der Waals surface area (Å²) in [6, 6.07) is 8.05. The molecule has 0 saturated heterocycles. The van der Waals surface area contributed by atoms with Crippen LogP contribution in [0.3, 0.4) is 0 Å². The molecule has 8 heteroatoms. The quantitative estimate of drug-likeness (QED) is 0.859. The minimum atomic E-state index is -4.65. The van der Waals surface area contributed by atoms with E-state index in [1.807, 2.05) is 0 Å². The van der Waals surface area contributed by atoms with E-state index in [0.717, 1.165) is 11.6 Å². The molecule has 0 aliphatic carbocycles. The lowest BCUT2D eigenvalue weighted by atomic mass is 10.1. The van der Waals surface area contributed by atoms with Crippen LogP contribution in [0.1, 0.15) is 16.7 Å². The largest absolute Gasteiger partial charge is 0.416 e. The van der Waals surface area contributed by atoms with E-state index >= 15 is 0 Å². The number of hydrogen-bond acceptors (Lipinski definition) is 2. The van der Waals surface area contributed by atoms with Crippen LogP contribution in [0.5, 0.6) is 0 Å². The van der Waals surface area contributed by atoms with Crippen molar-refractivity contribution in [3.05, 3.63) is 65.0 Å². The standard InChI is InChI=1S/C15H13F4NO2S/c1-10-3-2-4-13(7-10)23(21,22)20-9-11-5-6-12(8-14(11)16)15(17,18)19/h2-8,20H,9H2,1H3. The van der Waals surface area contributed by atoms with Gasteiger partial charge >= 0.3 is 6.18 Å². The van der Waals surface area contributed by atoms with E-state index in [0.29, 0.717) is 12.1 Å². The molecule has 0 fully saturated rings. The van der Waals surface area contributed by atoms with Crippen LogP contribution in [0.15, 0.2) is 47.4 Å². The third-order valence-electron chi connectivity index (χ3n) is 3.13. The van der Waals surface area contributed by atoms with Gasteiger partial charge in [-0.25, -0.2) is 17.5 Å². The highest BCUT2D eigenvalue weighted by Gasteiger charge is 2.31. The molecule has 0 radical (unpaired) electrons. The lowest BCUT2D eigenvalue weighted by Crippen LogP contribution is -2.24. The Hall–Kier alpha value is -1.93. The van der Waals surface area contributed by atoms with Gasteiger partial charge in [-0.3, -0.25) is 0 Å². The van der Waals surface area contributed by atoms with E-state index in [4.69, 9.17) is 0 Å². The molecule has 124 valence electrons. The van der Waals surface area contributed by atoms with E-state index < -0.39 is 34.1 Å². The molecule has 0 aliphatic heterocycles. The first-order valence-corrected chi connectivity index (χ1v) is 8.00. The zero-order valence-electron chi connectivity index (χ0n) is 12.0. The predicted molar refractivity (Wildman–Crippen MR) is 76.6 cm³/mol. The molecular weight excluding hydrogens is 334 g/mol. The second-order valence-electron chi connectivity index (χ2n) is 4.95. The van der Waals surface area contributed by atoms with Gasteiger partial charge in [0.1, 0.15) is 5.82 Å². The lowest BCUT2D eigenvalue weighted by molar-refractivity contribution is -0.137. The third kappa shape index (κ3) is 4.29. The fraction of sp³-hybridized carbons (Fsp3) is 0.200. The first-order chi connectivity index (χ1) is 10.6. The van der Waals surface area contributed by atoms with Crippen molar-refractivity contribution in [1.82, 2.24) is 4.72 Å². The van der Waals surface area contributed by atoms with E-state index in [2.05, 4.69) is 4.72 Å². The van der Waals surface area contributed by atoms with Crippen LogP contribution in [0.2, 0.25) is 0 Å². The van der Waals surface area contributed by atoms with Crippen LogP contribution in [-0.2, 0) is 22.7 Å². The minimum Gasteiger partial charge on any atom is -0.207 e. The number of aryl methyl sites for hydroxylation is 1. The van der Waals surface area contributed by atoms with Gasteiger partial charge in [0.25, 0.3) is 0 Å². The highest BCUT2D eigenvalue weighted by Crippen LogP contribution is 2.30. The van der Waals surface area contributed by atoms with E-state index in [9.17, 15) is 26.0 Å². The molecule has 0 amide bonds. The summed E-state index contributed by atoms with van der Waals surface area (Å²) in [5.41, 5.74) is -0.567. The second kappa shape index (κ2) is 6.29. The summed E-state index contributed by atoms with van der Waals surface area (Å²) < 4.78 is 77.4. The molecule has 0 unspecified atom stereocenters. The van der Waals surface area contributed by atoms with Crippen molar-refractivity contribution in [2.45, 2.75) is 24.5 Å². The summed E-state index contributed by atoms with van der Waals surface area (Å²) in [4.78, 5) is 0.00446. The van der Waals surface area contributed by atoms with Crippen LogP contribution < -0.4 is 4.72 Å². The smallest absolute Gasteiger partial charge is 0.207 e. The molecule has 0 bridgehead atoms. The average molecular weight is 347 g/mol. The number of benzene rings is 2. The van der Waals surface area contributed by atoms with Crippen molar-refractivity contribution < 1.29 is 26.0 Å². The SMILES string of the molecule is Cc1cccc(S(=O)(=O)NCc2ccc(C(F)(F)F)cc2F)c1. The van der Waals surface area contributed by atoms with Crippen molar-refractivity contribution in [3.63, 3.8) is 0 Å². The first-order valence-electron chi connectivity index (χ1n) is 6.51. The van der Waals surface area contributed by atoms with E-state index in [-0.39, 0.29) is 10.5 Å². The zero-order chi connectivity index (χ0) is 17.3. The van der Waals surface area contributed by atoms with Crippen molar-refractivity contribution in [3.8, 4) is 0 Å². The maximum absolute atomic E-state index is 13.7. The third-order valence-corrected chi connectivity index (χ3v) is 4.53. The number of rotatable bonds is 4. The van der Waals surface area contributed by atoms with Crippen LogP contribution in [-0.4, -0.2) is 8.42 Å². The Labute approximate surface area is 131 Å². The molecule has 3 nitrogen and oxygen atoms in total. The van der Waals surface area contributed by atoms with Gasteiger partial charge < -0.3 is 0 Å². The van der Waals surface area contributed by atoms with Gasteiger partial charge in [0.2, 0.25) is 10.0 Å². The molecule has 0 heterocycles. The molecule has 0 atom stereocenters. The van der Waals surface area contributed by atoms with E-state index in [1.54, 1.807) is 19.1 Å².